The van der Waals surface area contributed by atoms with Gasteiger partial charge in [0, 0.05) is 11.9 Å². The van der Waals surface area contributed by atoms with Gasteiger partial charge in [-0.3, -0.25) is 9.59 Å². The first kappa shape index (κ1) is 23.8. The summed E-state index contributed by atoms with van der Waals surface area (Å²) in [4.78, 5) is 36.7. The lowest BCUT2D eigenvalue weighted by Gasteiger charge is -2.20. The summed E-state index contributed by atoms with van der Waals surface area (Å²) in [5.74, 6) is -1.73. The minimum absolute atomic E-state index is 0.0567. The summed E-state index contributed by atoms with van der Waals surface area (Å²) in [6, 6.07) is 25.1. The van der Waals surface area contributed by atoms with Crippen LogP contribution in [-0.2, 0) is 19.1 Å². The van der Waals surface area contributed by atoms with Crippen molar-refractivity contribution in [3.8, 4) is 0 Å². The second-order valence-electron chi connectivity index (χ2n) is 7.19. The van der Waals surface area contributed by atoms with Crippen molar-refractivity contribution < 1.29 is 19.1 Å². The molecule has 0 aliphatic rings. The highest BCUT2D eigenvalue weighted by molar-refractivity contribution is 6.30. The normalized spacial score (nSPS) is 11.9. The number of carbonyl (C=O) groups excluding carboxylic acids is 3. The molecule has 0 spiro atoms. The second kappa shape index (κ2) is 11.6. The molecule has 3 aromatic rings. The van der Waals surface area contributed by atoms with E-state index >= 15 is 0 Å². The summed E-state index contributed by atoms with van der Waals surface area (Å²) in [6.45, 7) is 0.775. The zero-order valence-electron chi connectivity index (χ0n) is 18.0. The fourth-order valence-electron chi connectivity index (χ4n) is 3.12. The highest BCUT2D eigenvalue weighted by Gasteiger charge is 2.19. The predicted molar refractivity (Wildman–Crippen MR) is 127 cm³/mol. The molecule has 0 radical (unpaired) electrons. The average molecular weight is 463 g/mol. The lowest BCUT2D eigenvalue weighted by atomic mass is 9.99. The monoisotopic (exact) mass is 462 g/mol. The van der Waals surface area contributed by atoms with Crippen LogP contribution in [0.15, 0.2) is 90.6 Å². The van der Waals surface area contributed by atoms with E-state index in [2.05, 4.69) is 10.6 Å². The molecule has 0 aliphatic carbocycles. The lowest BCUT2D eigenvalue weighted by Crippen LogP contribution is -2.34. The molecule has 33 heavy (non-hydrogen) atoms. The predicted octanol–water partition coefficient (Wildman–Crippen LogP) is 4.27. The summed E-state index contributed by atoms with van der Waals surface area (Å²) in [6.07, 6.45) is 1.49. The first-order chi connectivity index (χ1) is 15.9. The molecule has 0 saturated heterocycles. The zero-order valence-corrected chi connectivity index (χ0v) is 18.7. The molecule has 0 bridgehead atoms. The number of esters is 1. The van der Waals surface area contributed by atoms with Crippen LogP contribution in [-0.4, -0.2) is 24.4 Å². The zero-order chi connectivity index (χ0) is 23.6. The summed E-state index contributed by atoms with van der Waals surface area (Å²) in [5, 5.41) is 5.93. The van der Waals surface area contributed by atoms with Crippen molar-refractivity contribution in [3.63, 3.8) is 0 Å². The SMILES string of the molecule is CC(=O)N/C(=C/c1ccccc1)C(=O)OCC(=O)NC(c1ccccc1)c1ccc(Cl)cc1. The Balaban J connectivity index is 1.70. The number of hydrogen-bond donors (Lipinski definition) is 2. The number of rotatable bonds is 8. The topological polar surface area (TPSA) is 84.5 Å². The third kappa shape index (κ3) is 7.33. The first-order valence-corrected chi connectivity index (χ1v) is 10.6. The van der Waals surface area contributed by atoms with Gasteiger partial charge in [0.25, 0.3) is 5.91 Å². The fourth-order valence-corrected chi connectivity index (χ4v) is 3.25. The van der Waals surface area contributed by atoms with Crippen LogP contribution in [0.5, 0.6) is 0 Å². The number of halogens is 1. The van der Waals surface area contributed by atoms with Crippen LogP contribution < -0.4 is 10.6 Å². The van der Waals surface area contributed by atoms with Crippen molar-refractivity contribution >= 4 is 35.5 Å². The molecule has 0 heterocycles. The third-order valence-corrected chi connectivity index (χ3v) is 4.87. The molecular weight excluding hydrogens is 440 g/mol. The van der Waals surface area contributed by atoms with E-state index in [0.29, 0.717) is 10.6 Å². The van der Waals surface area contributed by atoms with Crippen LogP contribution in [0.3, 0.4) is 0 Å². The van der Waals surface area contributed by atoms with Gasteiger partial charge in [0.2, 0.25) is 5.91 Å². The first-order valence-electron chi connectivity index (χ1n) is 10.2. The standard InChI is InChI=1S/C26H23ClN2O4/c1-18(30)28-23(16-19-8-4-2-5-9-19)26(32)33-17-24(31)29-25(20-10-6-3-7-11-20)21-12-14-22(27)15-13-21/h2-16,25H,17H2,1H3,(H,28,30)(H,29,31)/b23-16+. The van der Waals surface area contributed by atoms with Gasteiger partial charge in [-0.25, -0.2) is 4.79 Å². The molecular formula is C26H23ClN2O4. The molecule has 1 unspecified atom stereocenters. The maximum atomic E-state index is 12.7. The van der Waals surface area contributed by atoms with E-state index in [1.165, 1.54) is 13.0 Å². The molecule has 0 fully saturated rings. The molecule has 168 valence electrons. The fraction of sp³-hybridized carbons (Fsp3) is 0.115. The van der Waals surface area contributed by atoms with Crippen molar-refractivity contribution in [3.05, 3.63) is 112 Å². The summed E-state index contributed by atoms with van der Waals surface area (Å²) < 4.78 is 5.18. The van der Waals surface area contributed by atoms with Crippen molar-refractivity contribution in [2.45, 2.75) is 13.0 Å². The molecule has 6 nitrogen and oxygen atoms in total. The van der Waals surface area contributed by atoms with Gasteiger partial charge >= 0.3 is 5.97 Å². The van der Waals surface area contributed by atoms with Crippen LogP contribution in [0, 0.1) is 0 Å². The minimum atomic E-state index is -0.813. The quantitative estimate of drug-likeness (QED) is 0.387. The Hall–Kier alpha value is -3.90. The molecule has 1 atom stereocenters. The number of nitrogens with one attached hydrogen (secondary N) is 2. The van der Waals surface area contributed by atoms with E-state index in [0.717, 1.165) is 11.1 Å². The van der Waals surface area contributed by atoms with E-state index < -0.39 is 30.4 Å². The Morgan fingerprint density at radius 1 is 0.879 bits per heavy atom. The summed E-state index contributed by atoms with van der Waals surface area (Å²) in [5.41, 5.74) is 2.34. The van der Waals surface area contributed by atoms with Crippen molar-refractivity contribution in [1.82, 2.24) is 10.6 Å². The molecule has 3 rings (SSSR count). The molecule has 7 heteroatoms. The Bertz CT molecular complexity index is 1130. The maximum Gasteiger partial charge on any atom is 0.355 e. The van der Waals surface area contributed by atoms with Crippen LogP contribution in [0.25, 0.3) is 6.08 Å². The van der Waals surface area contributed by atoms with Gasteiger partial charge in [0.1, 0.15) is 5.70 Å². The lowest BCUT2D eigenvalue weighted by molar-refractivity contribution is -0.145. The second-order valence-corrected chi connectivity index (χ2v) is 7.63. The molecule has 2 amide bonds. The number of amides is 2. The molecule has 3 aromatic carbocycles. The Morgan fingerprint density at radius 3 is 2.06 bits per heavy atom. The Kier molecular flexibility index (Phi) is 8.38. The summed E-state index contributed by atoms with van der Waals surface area (Å²) in [7, 11) is 0. The number of hydrogen-bond acceptors (Lipinski definition) is 4. The van der Waals surface area contributed by atoms with Gasteiger partial charge in [-0.2, -0.15) is 0 Å². The smallest absolute Gasteiger partial charge is 0.355 e. The van der Waals surface area contributed by atoms with Crippen LogP contribution >= 0.6 is 11.6 Å². The van der Waals surface area contributed by atoms with E-state index in [-0.39, 0.29) is 5.70 Å². The van der Waals surface area contributed by atoms with E-state index in [1.54, 1.807) is 36.4 Å². The van der Waals surface area contributed by atoms with Gasteiger partial charge in [-0.15, -0.1) is 0 Å². The number of benzene rings is 3. The molecule has 2 N–H and O–H groups in total. The van der Waals surface area contributed by atoms with E-state index in [4.69, 9.17) is 16.3 Å². The van der Waals surface area contributed by atoms with Gasteiger partial charge in [-0.05, 0) is 34.9 Å². The maximum absolute atomic E-state index is 12.7. The Morgan fingerprint density at radius 2 is 1.45 bits per heavy atom. The van der Waals surface area contributed by atoms with Gasteiger partial charge < -0.3 is 15.4 Å². The van der Waals surface area contributed by atoms with Gasteiger partial charge in [0.15, 0.2) is 6.61 Å². The third-order valence-electron chi connectivity index (χ3n) is 4.62. The van der Waals surface area contributed by atoms with E-state index in [1.807, 2.05) is 48.5 Å². The van der Waals surface area contributed by atoms with Crippen LogP contribution in [0.1, 0.15) is 29.7 Å². The van der Waals surface area contributed by atoms with Crippen molar-refractivity contribution in [2.24, 2.45) is 0 Å². The highest BCUT2D eigenvalue weighted by atomic mass is 35.5. The van der Waals surface area contributed by atoms with Crippen molar-refractivity contribution in [1.29, 1.82) is 0 Å². The van der Waals surface area contributed by atoms with Gasteiger partial charge in [-0.1, -0.05) is 84.4 Å². The molecule has 0 aromatic heterocycles. The highest BCUT2D eigenvalue weighted by Crippen LogP contribution is 2.23. The summed E-state index contributed by atoms with van der Waals surface area (Å²) >= 11 is 6.00. The number of ether oxygens (including phenoxy) is 1. The van der Waals surface area contributed by atoms with E-state index in [9.17, 15) is 14.4 Å². The van der Waals surface area contributed by atoms with Crippen molar-refractivity contribution in [2.75, 3.05) is 6.61 Å². The Labute approximate surface area is 197 Å². The molecule has 0 saturated carbocycles. The largest absolute Gasteiger partial charge is 0.451 e. The van der Waals surface area contributed by atoms with Gasteiger partial charge in [0.05, 0.1) is 6.04 Å². The van der Waals surface area contributed by atoms with Crippen LogP contribution in [0.4, 0.5) is 0 Å². The van der Waals surface area contributed by atoms with Crippen LogP contribution in [0.2, 0.25) is 5.02 Å². The molecule has 0 aliphatic heterocycles. The number of carbonyl (C=O) groups is 3. The average Bonchev–Trinajstić information content (AvgIpc) is 2.82. The minimum Gasteiger partial charge on any atom is -0.451 e.